The molecule has 4 aromatic rings. The third-order valence-corrected chi connectivity index (χ3v) is 5.29. The van der Waals surface area contributed by atoms with Crippen LogP contribution in [0.2, 0.25) is 0 Å². The number of rotatable bonds is 5. The highest BCUT2D eigenvalue weighted by atomic mass is 32.2. The first-order chi connectivity index (χ1) is 12.7. The van der Waals surface area contributed by atoms with Crippen LogP contribution < -0.4 is 5.56 Å². The van der Waals surface area contributed by atoms with Crippen molar-refractivity contribution < 1.29 is 4.79 Å². The first kappa shape index (κ1) is 16.6. The first-order valence-corrected chi connectivity index (χ1v) is 9.40. The van der Waals surface area contributed by atoms with Crippen LogP contribution in [0.4, 0.5) is 0 Å². The zero-order valence-electron chi connectivity index (χ0n) is 14.2. The summed E-state index contributed by atoms with van der Waals surface area (Å²) in [4.78, 5) is 35.2. The molecule has 130 valence electrons. The maximum atomic E-state index is 12.7. The van der Waals surface area contributed by atoms with Crippen LogP contribution in [0.3, 0.4) is 0 Å². The smallest absolute Gasteiger partial charge is 0.259 e. The number of carbonyl (C=O) groups is 1. The van der Waals surface area contributed by atoms with E-state index in [1.807, 2.05) is 18.2 Å². The van der Waals surface area contributed by atoms with Crippen LogP contribution in [0.15, 0.2) is 58.6 Å². The molecule has 2 aromatic heterocycles. The lowest BCUT2D eigenvalue weighted by atomic mass is 10.1. The number of aryl methyl sites for hydroxylation is 1. The molecular weight excluding hydrogens is 346 g/mol. The molecule has 0 saturated carbocycles. The fourth-order valence-electron chi connectivity index (χ4n) is 3.09. The molecule has 5 nitrogen and oxygen atoms in total. The van der Waals surface area contributed by atoms with Crippen LogP contribution >= 0.6 is 11.8 Å². The molecule has 4 rings (SSSR count). The van der Waals surface area contributed by atoms with Crippen molar-refractivity contribution in [2.75, 3.05) is 5.75 Å². The molecule has 0 saturated heterocycles. The van der Waals surface area contributed by atoms with Crippen molar-refractivity contribution in [2.24, 2.45) is 0 Å². The van der Waals surface area contributed by atoms with Crippen LogP contribution in [-0.2, 0) is 6.42 Å². The van der Waals surface area contributed by atoms with Crippen LogP contribution in [-0.4, -0.2) is 26.5 Å². The Balaban J connectivity index is 1.59. The van der Waals surface area contributed by atoms with Crippen molar-refractivity contribution in [1.82, 2.24) is 15.0 Å². The number of thioether (sulfide) groups is 1. The Morgan fingerprint density at radius 2 is 1.92 bits per heavy atom. The number of fused-ring (bicyclic) bond motifs is 2. The van der Waals surface area contributed by atoms with Crippen molar-refractivity contribution in [3.8, 4) is 0 Å². The lowest BCUT2D eigenvalue weighted by Crippen LogP contribution is -2.10. The van der Waals surface area contributed by atoms with E-state index in [-0.39, 0.29) is 17.1 Å². The summed E-state index contributed by atoms with van der Waals surface area (Å²) in [6.07, 6.45) is 2.67. The third kappa shape index (κ3) is 2.93. The Morgan fingerprint density at radius 1 is 1.12 bits per heavy atom. The van der Waals surface area contributed by atoms with Gasteiger partial charge in [-0.05, 0) is 24.1 Å². The van der Waals surface area contributed by atoms with Gasteiger partial charge < -0.3 is 9.97 Å². The quantitative estimate of drug-likeness (QED) is 0.320. The minimum atomic E-state index is -0.190. The Kier molecular flexibility index (Phi) is 4.34. The summed E-state index contributed by atoms with van der Waals surface area (Å²) in [7, 11) is 0. The number of ketones is 1. The monoisotopic (exact) mass is 363 g/mol. The lowest BCUT2D eigenvalue weighted by Gasteiger charge is -2.03. The minimum absolute atomic E-state index is 0.00492. The van der Waals surface area contributed by atoms with Gasteiger partial charge in [-0.1, -0.05) is 49.0 Å². The maximum absolute atomic E-state index is 12.7. The molecule has 0 aliphatic rings. The van der Waals surface area contributed by atoms with Gasteiger partial charge in [-0.15, -0.1) is 0 Å². The molecule has 0 atom stereocenters. The van der Waals surface area contributed by atoms with Gasteiger partial charge in [0.05, 0.1) is 16.7 Å². The van der Waals surface area contributed by atoms with Crippen molar-refractivity contribution >= 4 is 39.4 Å². The lowest BCUT2D eigenvalue weighted by molar-refractivity contribution is 0.102. The number of hydrogen-bond acceptors (Lipinski definition) is 4. The van der Waals surface area contributed by atoms with Gasteiger partial charge in [-0.25, -0.2) is 4.98 Å². The molecule has 0 unspecified atom stereocenters. The van der Waals surface area contributed by atoms with Gasteiger partial charge in [0.1, 0.15) is 0 Å². The Hall–Kier alpha value is -2.86. The summed E-state index contributed by atoms with van der Waals surface area (Å²) in [5.74, 6) is 0.218. The fourth-order valence-corrected chi connectivity index (χ4v) is 3.84. The van der Waals surface area contributed by atoms with Crippen LogP contribution in [0, 0.1) is 0 Å². The van der Waals surface area contributed by atoms with Gasteiger partial charge in [-0.2, -0.15) is 0 Å². The van der Waals surface area contributed by atoms with Crippen LogP contribution in [0.5, 0.6) is 0 Å². The van der Waals surface area contributed by atoms with E-state index in [1.54, 1.807) is 24.4 Å². The van der Waals surface area contributed by atoms with Crippen LogP contribution in [0.1, 0.15) is 22.8 Å². The van der Waals surface area contributed by atoms with Gasteiger partial charge >= 0.3 is 0 Å². The molecule has 2 heterocycles. The van der Waals surface area contributed by atoms with Crippen molar-refractivity contribution in [2.45, 2.75) is 18.5 Å². The van der Waals surface area contributed by atoms with Crippen molar-refractivity contribution in [3.63, 3.8) is 0 Å². The molecule has 0 aliphatic heterocycles. The second kappa shape index (κ2) is 6.80. The summed E-state index contributed by atoms with van der Waals surface area (Å²) >= 11 is 1.24. The summed E-state index contributed by atoms with van der Waals surface area (Å²) < 4.78 is 0. The summed E-state index contributed by atoms with van der Waals surface area (Å²) in [5.41, 5.74) is 3.32. The van der Waals surface area contributed by atoms with Crippen molar-refractivity contribution in [3.05, 3.63) is 70.1 Å². The zero-order valence-corrected chi connectivity index (χ0v) is 15.0. The van der Waals surface area contributed by atoms with Gasteiger partial charge in [0.2, 0.25) is 0 Å². The van der Waals surface area contributed by atoms with E-state index < -0.39 is 0 Å². The number of nitrogens with zero attached hydrogens (tertiary/aromatic N) is 1. The molecule has 6 heteroatoms. The predicted octanol–water partition coefficient (Wildman–Crippen LogP) is 3.94. The van der Waals surface area contributed by atoms with Crippen LogP contribution in [0.25, 0.3) is 21.8 Å². The topological polar surface area (TPSA) is 78.6 Å². The average Bonchev–Trinajstić information content (AvgIpc) is 3.10. The largest absolute Gasteiger partial charge is 0.360 e. The summed E-state index contributed by atoms with van der Waals surface area (Å²) in [5, 5.41) is 1.94. The normalized spacial score (nSPS) is 11.3. The van der Waals surface area contributed by atoms with Gasteiger partial charge in [0, 0.05) is 22.7 Å². The highest BCUT2D eigenvalue weighted by Crippen LogP contribution is 2.24. The molecule has 0 amide bonds. The van der Waals surface area contributed by atoms with E-state index in [1.165, 1.54) is 17.3 Å². The first-order valence-electron chi connectivity index (χ1n) is 8.41. The number of Topliss-reactive ketones (excluding diaryl/α,β-unsaturated/α-hetero) is 1. The molecule has 26 heavy (non-hydrogen) atoms. The second-order valence-corrected chi connectivity index (χ2v) is 6.96. The van der Waals surface area contributed by atoms with E-state index in [9.17, 15) is 9.59 Å². The van der Waals surface area contributed by atoms with Crippen molar-refractivity contribution in [1.29, 1.82) is 0 Å². The highest BCUT2D eigenvalue weighted by molar-refractivity contribution is 7.99. The third-order valence-electron chi connectivity index (χ3n) is 4.41. The number of H-pyrrole nitrogens is 2. The van der Waals surface area contributed by atoms with E-state index in [2.05, 4.69) is 27.9 Å². The number of aromatic nitrogens is 3. The number of benzene rings is 2. The SMILES string of the molecule is CCc1cccc2c(C(=O)CSc3nc4ccccc4c(=O)[nH]3)c[nH]c12. The summed E-state index contributed by atoms with van der Waals surface area (Å²) in [6, 6.07) is 13.2. The molecule has 0 fully saturated rings. The highest BCUT2D eigenvalue weighted by Gasteiger charge is 2.14. The Bertz CT molecular complexity index is 1180. The number of carbonyl (C=O) groups excluding carboxylic acids is 1. The number of nitrogens with one attached hydrogen (secondary N) is 2. The number of aromatic amines is 2. The Morgan fingerprint density at radius 3 is 2.77 bits per heavy atom. The number of hydrogen-bond donors (Lipinski definition) is 2. The minimum Gasteiger partial charge on any atom is -0.360 e. The average molecular weight is 363 g/mol. The maximum Gasteiger partial charge on any atom is 0.259 e. The van der Waals surface area contributed by atoms with E-state index in [0.717, 1.165) is 17.3 Å². The summed E-state index contributed by atoms with van der Waals surface area (Å²) in [6.45, 7) is 2.09. The second-order valence-electron chi connectivity index (χ2n) is 6.00. The van der Waals surface area contributed by atoms with E-state index in [4.69, 9.17) is 0 Å². The Labute approximate surface area is 153 Å². The van der Waals surface area contributed by atoms with Gasteiger partial charge in [0.15, 0.2) is 10.9 Å². The fraction of sp³-hybridized carbons (Fsp3) is 0.150. The molecule has 0 spiro atoms. The van der Waals surface area contributed by atoms with Gasteiger partial charge in [0.25, 0.3) is 5.56 Å². The predicted molar refractivity (Wildman–Crippen MR) is 105 cm³/mol. The molecule has 0 aliphatic carbocycles. The molecular formula is C20H17N3O2S. The molecule has 0 radical (unpaired) electrons. The standard InChI is InChI=1S/C20H17N3O2S/c1-2-12-6-5-8-13-15(10-21-18(12)13)17(24)11-26-20-22-16-9-4-3-7-14(16)19(25)23-20/h3-10,21H,2,11H2,1H3,(H,22,23,25). The molecule has 2 aromatic carbocycles. The van der Waals surface area contributed by atoms with E-state index in [0.29, 0.717) is 21.6 Å². The molecule has 0 bridgehead atoms. The molecule has 2 N–H and O–H groups in total. The number of para-hydroxylation sites is 2. The zero-order chi connectivity index (χ0) is 18.1. The van der Waals surface area contributed by atoms with Gasteiger partial charge in [-0.3, -0.25) is 9.59 Å². The van der Waals surface area contributed by atoms with E-state index >= 15 is 0 Å².